The van der Waals surface area contributed by atoms with Gasteiger partial charge in [-0.25, -0.2) is 23.1 Å². The van der Waals surface area contributed by atoms with Gasteiger partial charge in [0, 0.05) is 36.3 Å². The van der Waals surface area contributed by atoms with Crippen LogP contribution in [0.5, 0.6) is 0 Å². The number of piperidine rings is 3. The van der Waals surface area contributed by atoms with Crippen LogP contribution in [0, 0.1) is 12.8 Å². The lowest BCUT2D eigenvalue weighted by Gasteiger charge is -2.49. The Kier molecular flexibility index (Phi) is 5.01. The molecule has 3 aliphatic heterocycles. The molecule has 1 aromatic heterocycles. The average Bonchev–Trinajstić information content (AvgIpc) is 2.66. The lowest BCUT2D eigenvalue weighted by atomic mass is 9.74. The Hall–Kier alpha value is -1.83. The molecule has 2 aromatic rings. The van der Waals surface area contributed by atoms with E-state index < -0.39 is 10.0 Å². The predicted molar refractivity (Wildman–Crippen MR) is 106 cm³/mol. The molecule has 27 heavy (non-hydrogen) atoms. The van der Waals surface area contributed by atoms with Crippen LogP contribution in [-0.4, -0.2) is 55.2 Å². The van der Waals surface area contributed by atoms with Crippen molar-refractivity contribution in [1.82, 2.24) is 19.6 Å². The summed E-state index contributed by atoms with van der Waals surface area (Å²) in [5, 5.41) is 0. The molecule has 5 rings (SSSR count). The van der Waals surface area contributed by atoms with Gasteiger partial charge in [0.2, 0.25) is 10.0 Å². The second-order valence-corrected chi connectivity index (χ2v) is 9.58. The van der Waals surface area contributed by atoms with E-state index in [-0.39, 0.29) is 6.04 Å². The van der Waals surface area contributed by atoms with Crippen molar-refractivity contribution < 1.29 is 8.42 Å². The summed E-state index contributed by atoms with van der Waals surface area (Å²) in [5.41, 5.74) is 3.20. The highest BCUT2D eigenvalue weighted by Gasteiger charge is 2.41. The highest BCUT2D eigenvalue weighted by atomic mass is 32.2. The summed E-state index contributed by atoms with van der Waals surface area (Å²) < 4.78 is 25.5. The summed E-state index contributed by atoms with van der Waals surface area (Å²) in [6.07, 6.45) is 3.38. The molecule has 0 saturated carbocycles. The number of aryl methyl sites for hydroxylation is 1. The van der Waals surface area contributed by atoms with Crippen LogP contribution in [0.4, 0.5) is 0 Å². The van der Waals surface area contributed by atoms with E-state index in [1.807, 2.05) is 25.1 Å². The van der Waals surface area contributed by atoms with E-state index in [2.05, 4.69) is 32.8 Å². The first-order chi connectivity index (χ1) is 12.9. The number of rotatable bonds is 5. The number of aromatic nitrogens is 2. The van der Waals surface area contributed by atoms with Crippen LogP contribution in [0.25, 0.3) is 11.3 Å². The van der Waals surface area contributed by atoms with Crippen LogP contribution < -0.4 is 4.72 Å². The minimum absolute atomic E-state index is 0.284. The molecule has 1 N–H and O–H groups in total. The molecular weight excluding hydrogens is 360 g/mol. The van der Waals surface area contributed by atoms with Crippen LogP contribution >= 0.6 is 0 Å². The molecule has 1 aromatic carbocycles. The number of nitrogens with one attached hydrogen (secondary N) is 1. The summed E-state index contributed by atoms with van der Waals surface area (Å²) in [7, 11) is -3.15. The molecule has 3 aliphatic rings. The lowest BCUT2D eigenvalue weighted by Crippen LogP contribution is -2.56. The zero-order valence-corrected chi connectivity index (χ0v) is 16.6. The standard InChI is InChI=1S/C20H26N4O2S/c1-14-22-19(15-6-4-3-5-7-15)11-20(23-14)18-13-24-9-8-16(18)10-17(24)12-21-27(2,25)26/h3-7,11,16-18,21H,8-10,12-13H2,1-2H3. The molecule has 0 spiro atoms. The van der Waals surface area contributed by atoms with Gasteiger partial charge in [-0.05, 0) is 38.3 Å². The van der Waals surface area contributed by atoms with Gasteiger partial charge in [-0.3, -0.25) is 4.90 Å². The number of fused-ring (bicyclic) bond motifs is 3. The highest BCUT2D eigenvalue weighted by Crippen LogP contribution is 2.41. The van der Waals surface area contributed by atoms with Gasteiger partial charge in [0.05, 0.1) is 11.9 Å². The van der Waals surface area contributed by atoms with Gasteiger partial charge < -0.3 is 0 Å². The SMILES string of the molecule is Cc1nc(-c2ccccc2)cc(C2CN3CCC2CC3CNS(C)(=O)=O)n1. The molecular formula is C20H26N4O2S. The molecule has 4 heterocycles. The summed E-state index contributed by atoms with van der Waals surface area (Å²) in [6, 6.07) is 12.6. The zero-order chi connectivity index (χ0) is 19.0. The third-order valence-corrected chi connectivity index (χ3v) is 6.46. The summed E-state index contributed by atoms with van der Waals surface area (Å²) in [5.74, 6) is 1.73. The van der Waals surface area contributed by atoms with Gasteiger partial charge >= 0.3 is 0 Å². The number of hydrogen-bond donors (Lipinski definition) is 1. The zero-order valence-electron chi connectivity index (χ0n) is 15.8. The molecule has 4 unspecified atom stereocenters. The fourth-order valence-corrected chi connectivity index (χ4v) is 4.97. The van der Waals surface area contributed by atoms with Crippen molar-refractivity contribution in [1.29, 1.82) is 0 Å². The Morgan fingerprint density at radius 2 is 2.00 bits per heavy atom. The summed E-state index contributed by atoms with van der Waals surface area (Å²) >= 11 is 0. The van der Waals surface area contributed by atoms with Crippen molar-refractivity contribution >= 4 is 10.0 Å². The molecule has 3 saturated heterocycles. The average molecular weight is 387 g/mol. The molecule has 2 bridgehead atoms. The number of nitrogens with zero attached hydrogens (tertiary/aromatic N) is 3. The maximum Gasteiger partial charge on any atom is 0.208 e. The Morgan fingerprint density at radius 1 is 1.22 bits per heavy atom. The van der Waals surface area contributed by atoms with Gasteiger partial charge in [-0.1, -0.05) is 30.3 Å². The normalized spacial score (nSPS) is 27.6. The third kappa shape index (κ3) is 4.20. The first kappa shape index (κ1) is 18.5. The highest BCUT2D eigenvalue weighted by molar-refractivity contribution is 7.88. The van der Waals surface area contributed by atoms with Crippen molar-refractivity contribution in [3.05, 3.63) is 47.9 Å². The second kappa shape index (κ2) is 7.30. The molecule has 3 fully saturated rings. The van der Waals surface area contributed by atoms with Crippen LogP contribution in [-0.2, 0) is 10.0 Å². The maximum absolute atomic E-state index is 11.4. The Morgan fingerprint density at radius 3 is 2.67 bits per heavy atom. The van der Waals surface area contributed by atoms with E-state index in [0.29, 0.717) is 18.4 Å². The fraction of sp³-hybridized carbons (Fsp3) is 0.500. The molecule has 4 atom stereocenters. The van der Waals surface area contributed by atoms with Gasteiger partial charge in [-0.2, -0.15) is 0 Å². The van der Waals surface area contributed by atoms with E-state index in [0.717, 1.165) is 48.7 Å². The smallest absolute Gasteiger partial charge is 0.208 e. The van der Waals surface area contributed by atoms with E-state index in [1.54, 1.807) is 0 Å². The summed E-state index contributed by atoms with van der Waals surface area (Å²) in [4.78, 5) is 11.8. The monoisotopic (exact) mass is 386 g/mol. The second-order valence-electron chi connectivity index (χ2n) is 7.75. The quantitative estimate of drug-likeness (QED) is 0.852. The van der Waals surface area contributed by atoms with E-state index in [9.17, 15) is 8.42 Å². The van der Waals surface area contributed by atoms with Crippen molar-refractivity contribution in [3.63, 3.8) is 0 Å². The Balaban J connectivity index is 1.55. The largest absolute Gasteiger partial charge is 0.298 e. The van der Waals surface area contributed by atoms with Crippen molar-refractivity contribution in [2.45, 2.75) is 31.7 Å². The molecule has 144 valence electrons. The Bertz CT molecular complexity index is 917. The first-order valence-electron chi connectivity index (χ1n) is 9.49. The first-order valence-corrected chi connectivity index (χ1v) is 11.4. The van der Waals surface area contributed by atoms with Gasteiger partial charge in [0.15, 0.2) is 0 Å². The van der Waals surface area contributed by atoms with E-state index >= 15 is 0 Å². The maximum atomic E-state index is 11.4. The minimum atomic E-state index is -3.15. The van der Waals surface area contributed by atoms with Gasteiger partial charge in [0.25, 0.3) is 0 Å². The topological polar surface area (TPSA) is 75.2 Å². The summed E-state index contributed by atoms with van der Waals surface area (Å²) in [6.45, 7) is 4.43. The fourth-order valence-electron chi connectivity index (χ4n) is 4.47. The molecule has 7 heteroatoms. The third-order valence-electron chi connectivity index (χ3n) is 5.77. The van der Waals surface area contributed by atoms with Crippen molar-refractivity contribution in [2.24, 2.45) is 5.92 Å². The van der Waals surface area contributed by atoms with Crippen LogP contribution in [0.3, 0.4) is 0 Å². The number of benzene rings is 1. The molecule has 6 nitrogen and oxygen atoms in total. The van der Waals surface area contributed by atoms with Crippen molar-refractivity contribution in [2.75, 3.05) is 25.9 Å². The lowest BCUT2D eigenvalue weighted by molar-refractivity contribution is 0.0317. The van der Waals surface area contributed by atoms with Crippen molar-refractivity contribution in [3.8, 4) is 11.3 Å². The van der Waals surface area contributed by atoms with E-state index in [1.165, 1.54) is 6.26 Å². The Labute approximate surface area is 161 Å². The van der Waals surface area contributed by atoms with E-state index in [4.69, 9.17) is 4.98 Å². The van der Waals surface area contributed by atoms with Gasteiger partial charge in [-0.15, -0.1) is 0 Å². The van der Waals surface area contributed by atoms with Crippen LogP contribution in [0.2, 0.25) is 0 Å². The molecule has 0 radical (unpaired) electrons. The number of sulfonamides is 1. The van der Waals surface area contributed by atoms with Gasteiger partial charge in [0.1, 0.15) is 5.82 Å². The molecule has 0 aliphatic carbocycles. The van der Waals surface area contributed by atoms with Crippen LogP contribution in [0.1, 0.15) is 30.3 Å². The molecule has 0 amide bonds. The predicted octanol–water partition coefficient (Wildman–Crippen LogP) is 2.18. The number of hydrogen-bond acceptors (Lipinski definition) is 5. The van der Waals surface area contributed by atoms with Crippen LogP contribution in [0.15, 0.2) is 36.4 Å². The minimum Gasteiger partial charge on any atom is -0.298 e.